The Balaban J connectivity index is 0.000000409. The first-order chi connectivity index (χ1) is 13.4. The van der Waals surface area contributed by atoms with E-state index >= 15 is 0 Å². The molecule has 0 saturated carbocycles. The lowest BCUT2D eigenvalue weighted by molar-refractivity contribution is -0.159. The van der Waals surface area contributed by atoms with Crippen LogP contribution in [-0.2, 0) is 16.1 Å². The summed E-state index contributed by atoms with van der Waals surface area (Å²) in [6.45, 7) is 5.65. The minimum Gasteiger partial charge on any atom is -0.508 e. The third kappa shape index (κ3) is 6.69. The van der Waals surface area contributed by atoms with E-state index in [1.165, 1.54) is 45.2 Å². The van der Waals surface area contributed by atoms with Crippen LogP contribution in [0.25, 0.3) is 0 Å². The van der Waals surface area contributed by atoms with E-state index < -0.39 is 11.9 Å². The maximum atomic E-state index is 10.0. The predicted molar refractivity (Wildman–Crippen MR) is 104 cm³/mol. The van der Waals surface area contributed by atoms with Crippen LogP contribution in [0, 0.1) is 0 Å². The van der Waals surface area contributed by atoms with E-state index in [0.717, 1.165) is 37.0 Å². The lowest BCUT2D eigenvalue weighted by atomic mass is 9.99. The number of benzene rings is 1. The van der Waals surface area contributed by atoms with Crippen molar-refractivity contribution in [2.45, 2.75) is 44.7 Å². The SMILES string of the molecule is COc1ccc(O)c(CN2CCC(N3CCCCC3)CC2)c1.O=C(O)C(=O)O. The average Bonchev–Trinajstić information content (AvgIpc) is 2.71. The van der Waals surface area contributed by atoms with Crippen molar-refractivity contribution in [1.29, 1.82) is 0 Å². The Bertz CT molecular complexity index is 640. The summed E-state index contributed by atoms with van der Waals surface area (Å²) in [5.41, 5.74) is 0.968. The molecule has 2 aliphatic rings. The molecule has 0 amide bonds. The van der Waals surface area contributed by atoms with Gasteiger partial charge in [0.2, 0.25) is 0 Å². The Morgan fingerprint density at radius 1 is 1.04 bits per heavy atom. The largest absolute Gasteiger partial charge is 0.508 e. The van der Waals surface area contributed by atoms with Gasteiger partial charge in [-0.05, 0) is 70.1 Å². The van der Waals surface area contributed by atoms with Gasteiger partial charge in [-0.2, -0.15) is 0 Å². The number of aromatic hydroxyl groups is 1. The number of methoxy groups -OCH3 is 1. The van der Waals surface area contributed by atoms with Crippen LogP contribution in [0.15, 0.2) is 18.2 Å². The molecule has 2 saturated heterocycles. The average molecular weight is 394 g/mol. The molecule has 0 atom stereocenters. The van der Waals surface area contributed by atoms with Gasteiger partial charge >= 0.3 is 11.9 Å². The van der Waals surface area contributed by atoms with Crippen LogP contribution in [0.3, 0.4) is 0 Å². The van der Waals surface area contributed by atoms with Gasteiger partial charge < -0.3 is 25.0 Å². The van der Waals surface area contributed by atoms with E-state index in [0.29, 0.717) is 5.75 Å². The van der Waals surface area contributed by atoms with Gasteiger partial charge in [-0.1, -0.05) is 6.42 Å². The van der Waals surface area contributed by atoms with Crippen molar-refractivity contribution in [2.24, 2.45) is 0 Å². The fraction of sp³-hybridized carbons (Fsp3) is 0.600. The second-order valence-electron chi connectivity index (χ2n) is 7.21. The molecule has 0 aromatic heterocycles. The Labute approximate surface area is 165 Å². The number of carboxylic acids is 2. The molecule has 1 aromatic carbocycles. The minimum atomic E-state index is -1.82. The summed E-state index contributed by atoms with van der Waals surface area (Å²) < 4.78 is 5.26. The van der Waals surface area contributed by atoms with Gasteiger partial charge in [0.25, 0.3) is 0 Å². The first-order valence-electron chi connectivity index (χ1n) is 9.69. The van der Waals surface area contributed by atoms with Gasteiger partial charge in [-0.3, -0.25) is 4.90 Å². The molecule has 0 radical (unpaired) electrons. The van der Waals surface area contributed by atoms with Gasteiger partial charge in [0.1, 0.15) is 11.5 Å². The molecule has 28 heavy (non-hydrogen) atoms. The van der Waals surface area contributed by atoms with Crippen LogP contribution in [0.2, 0.25) is 0 Å². The third-order valence-corrected chi connectivity index (χ3v) is 5.33. The summed E-state index contributed by atoms with van der Waals surface area (Å²) in [7, 11) is 1.67. The van der Waals surface area contributed by atoms with Gasteiger partial charge in [0, 0.05) is 18.2 Å². The fourth-order valence-corrected chi connectivity index (χ4v) is 3.78. The van der Waals surface area contributed by atoms with Crippen molar-refractivity contribution in [3.05, 3.63) is 23.8 Å². The monoisotopic (exact) mass is 394 g/mol. The van der Waals surface area contributed by atoms with E-state index in [2.05, 4.69) is 9.80 Å². The van der Waals surface area contributed by atoms with E-state index in [9.17, 15) is 5.11 Å². The number of hydrogen-bond donors (Lipinski definition) is 3. The number of hydrogen-bond acceptors (Lipinski definition) is 6. The molecule has 8 nitrogen and oxygen atoms in total. The Morgan fingerprint density at radius 2 is 1.64 bits per heavy atom. The van der Waals surface area contributed by atoms with Crippen LogP contribution >= 0.6 is 0 Å². The number of ether oxygens (including phenoxy) is 1. The topological polar surface area (TPSA) is 111 Å². The van der Waals surface area contributed by atoms with E-state index in [4.69, 9.17) is 24.5 Å². The number of rotatable bonds is 4. The molecule has 0 aliphatic carbocycles. The number of phenolic OH excluding ortho intramolecular Hbond substituents is 1. The molecule has 8 heteroatoms. The number of carbonyl (C=O) groups is 2. The van der Waals surface area contributed by atoms with E-state index in [-0.39, 0.29) is 0 Å². The minimum absolute atomic E-state index is 0.374. The van der Waals surface area contributed by atoms with E-state index in [1.807, 2.05) is 6.07 Å². The Hall–Kier alpha value is -2.32. The molecule has 0 spiro atoms. The van der Waals surface area contributed by atoms with E-state index in [1.54, 1.807) is 19.2 Å². The molecule has 0 bridgehead atoms. The second kappa shape index (κ2) is 10.9. The number of nitrogens with zero attached hydrogens (tertiary/aromatic N) is 2. The molecule has 1 aromatic rings. The van der Waals surface area contributed by atoms with Crippen LogP contribution in [-0.4, -0.2) is 76.4 Å². The molecular formula is C20H30N2O6. The van der Waals surface area contributed by atoms with Crippen molar-refractivity contribution in [1.82, 2.24) is 9.80 Å². The van der Waals surface area contributed by atoms with Crippen LogP contribution in [0.4, 0.5) is 0 Å². The molecule has 2 aliphatic heterocycles. The molecule has 3 N–H and O–H groups in total. The van der Waals surface area contributed by atoms with Crippen molar-refractivity contribution in [2.75, 3.05) is 33.3 Å². The number of piperidine rings is 2. The highest BCUT2D eigenvalue weighted by atomic mass is 16.5. The summed E-state index contributed by atoms with van der Waals surface area (Å²) in [4.78, 5) is 23.4. The maximum Gasteiger partial charge on any atom is 0.414 e. The van der Waals surface area contributed by atoms with Crippen molar-refractivity contribution in [3.63, 3.8) is 0 Å². The number of likely N-dealkylation sites (tertiary alicyclic amines) is 2. The summed E-state index contributed by atoms with van der Waals surface area (Å²) >= 11 is 0. The van der Waals surface area contributed by atoms with Crippen molar-refractivity contribution < 1.29 is 29.6 Å². The van der Waals surface area contributed by atoms with Gasteiger partial charge in [0.15, 0.2) is 0 Å². The van der Waals surface area contributed by atoms with Gasteiger partial charge in [-0.15, -0.1) is 0 Å². The van der Waals surface area contributed by atoms with Gasteiger partial charge in [0.05, 0.1) is 7.11 Å². The number of phenols is 1. The summed E-state index contributed by atoms with van der Waals surface area (Å²) in [5, 5.41) is 24.8. The highest BCUT2D eigenvalue weighted by molar-refractivity contribution is 6.27. The molecule has 0 unspecified atom stereocenters. The molecule has 2 heterocycles. The number of carboxylic acid groups (broad SMARTS) is 2. The lowest BCUT2D eigenvalue weighted by Crippen LogP contribution is -2.46. The first kappa shape index (κ1) is 22.0. The summed E-state index contributed by atoms with van der Waals surface area (Å²) in [5.74, 6) is -2.46. The Kier molecular flexibility index (Phi) is 8.53. The smallest absolute Gasteiger partial charge is 0.414 e. The van der Waals surface area contributed by atoms with Crippen molar-refractivity contribution in [3.8, 4) is 11.5 Å². The molecule has 3 rings (SSSR count). The van der Waals surface area contributed by atoms with Crippen LogP contribution in [0.1, 0.15) is 37.7 Å². The molecule has 2 fully saturated rings. The summed E-state index contributed by atoms with van der Waals surface area (Å²) in [6.07, 6.45) is 6.66. The standard InChI is InChI=1S/C18H28N2O2.C2H2O4/c1-22-17-5-6-18(21)15(13-17)14-19-11-7-16(8-12-19)20-9-3-2-4-10-20;3-1(4)2(5)6/h5-6,13,16,21H,2-4,7-12,14H2,1H3;(H,3,4)(H,5,6). The van der Waals surface area contributed by atoms with Gasteiger partial charge in [-0.25, -0.2) is 9.59 Å². The molecular weight excluding hydrogens is 364 g/mol. The lowest BCUT2D eigenvalue weighted by Gasteiger charge is -2.40. The van der Waals surface area contributed by atoms with Crippen molar-refractivity contribution >= 4 is 11.9 Å². The highest BCUT2D eigenvalue weighted by Crippen LogP contribution is 2.26. The normalized spacial score (nSPS) is 18.8. The molecule has 156 valence electrons. The quantitative estimate of drug-likeness (QED) is 0.665. The second-order valence-corrected chi connectivity index (χ2v) is 7.21. The maximum absolute atomic E-state index is 10.0. The predicted octanol–water partition coefficient (Wildman–Crippen LogP) is 2.01. The third-order valence-electron chi connectivity index (χ3n) is 5.33. The van der Waals surface area contributed by atoms with Crippen LogP contribution < -0.4 is 4.74 Å². The summed E-state index contributed by atoms with van der Waals surface area (Å²) in [6, 6.07) is 6.26. The number of aliphatic carboxylic acids is 2. The zero-order valence-corrected chi connectivity index (χ0v) is 16.3. The van der Waals surface area contributed by atoms with Crippen LogP contribution in [0.5, 0.6) is 11.5 Å². The first-order valence-corrected chi connectivity index (χ1v) is 9.69. The Morgan fingerprint density at radius 3 is 2.18 bits per heavy atom. The zero-order chi connectivity index (χ0) is 20.5. The highest BCUT2D eigenvalue weighted by Gasteiger charge is 2.25. The zero-order valence-electron chi connectivity index (χ0n) is 16.3. The fourth-order valence-electron chi connectivity index (χ4n) is 3.78.